The van der Waals surface area contributed by atoms with E-state index < -0.39 is 0 Å². The minimum atomic E-state index is -0.102. The normalized spacial score (nSPS) is 31.3. The predicted molar refractivity (Wildman–Crippen MR) is 77.2 cm³/mol. The van der Waals surface area contributed by atoms with Crippen molar-refractivity contribution >= 4 is 0 Å². The fraction of sp³-hybridized carbons (Fsp3) is 1.00. The quantitative estimate of drug-likeness (QED) is 0.843. The topological polar surface area (TPSA) is 47.7 Å². The molecule has 1 aliphatic heterocycles. The summed E-state index contributed by atoms with van der Waals surface area (Å²) in [6.45, 7) is 8.79. The molecule has 2 fully saturated rings. The molecule has 1 unspecified atom stereocenters. The predicted octanol–water partition coefficient (Wildman–Crippen LogP) is 1.63. The molecule has 2 N–H and O–H groups in total. The van der Waals surface area contributed by atoms with Gasteiger partial charge < -0.3 is 20.1 Å². The maximum Gasteiger partial charge on any atom is 0.0935 e. The van der Waals surface area contributed by atoms with Gasteiger partial charge in [-0.3, -0.25) is 0 Å². The van der Waals surface area contributed by atoms with Crippen LogP contribution in [-0.4, -0.2) is 56.5 Å². The number of morpholine rings is 1. The van der Waals surface area contributed by atoms with E-state index in [0.29, 0.717) is 18.6 Å². The van der Waals surface area contributed by atoms with Crippen molar-refractivity contribution in [2.75, 3.05) is 39.9 Å². The maximum atomic E-state index is 6.22. The summed E-state index contributed by atoms with van der Waals surface area (Å²) in [6.07, 6.45) is 4.78. The molecule has 0 aromatic rings. The molecule has 0 aromatic carbocycles. The van der Waals surface area contributed by atoms with Crippen molar-refractivity contribution in [3.8, 4) is 0 Å². The Kier molecular flexibility index (Phi) is 4.88. The summed E-state index contributed by atoms with van der Waals surface area (Å²) in [5.41, 5.74) is 6.34. The van der Waals surface area contributed by atoms with E-state index in [9.17, 15) is 0 Å². The van der Waals surface area contributed by atoms with E-state index >= 15 is 0 Å². The standard InChI is InChI=1S/C15H30N2O2/c1-14(2)4-6-15(12-16,7-5-14)19-11-13-10-17(3)8-9-18-13/h13H,4-12,16H2,1-3H3. The van der Waals surface area contributed by atoms with Crippen LogP contribution in [0.5, 0.6) is 0 Å². The molecule has 4 nitrogen and oxygen atoms in total. The van der Waals surface area contributed by atoms with Gasteiger partial charge in [-0.05, 0) is 38.1 Å². The lowest BCUT2D eigenvalue weighted by molar-refractivity contribution is -0.132. The number of rotatable bonds is 4. The Bertz CT molecular complexity index is 284. The van der Waals surface area contributed by atoms with Crippen molar-refractivity contribution < 1.29 is 9.47 Å². The van der Waals surface area contributed by atoms with E-state index in [0.717, 1.165) is 32.5 Å². The Morgan fingerprint density at radius 1 is 1.26 bits per heavy atom. The van der Waals surface area contributed by atoms with Crippen LogP contribution in [0.4, 0.5) is 0 Å². The van der Waals surface area contributed by atoms with Gasteiger partial charge in [-0.2, -0.15) is 0 Å². The largest absolute Gasteiger partial charge is 0.373 e. The molecular formula is C15H30N2O2. The highest BCUT2D eigenvalue weighted by molar-refractivity contribution is 4.91. The molecule has 2 aliphatic rings. The molecule has 112 valence electrons. The minimum absolute atomic E-state index is 0.102. The second-order valence-corrected chi connectivity index (χ2v) is 7.12. The zero-order valence-corrected chi connectivity index (χ0v) is 12.8. The highest BCUT2D eigenvalue weighted by Gasteiger charge is 2.38. The number of likely N-dealkylation sites (N-methyl/N-ethyl adjacent to an activating group) is 1. The lowest BCUT2D eigenvalue weighted by Crippen LogP contribution is -2.49. The summed E-state index contributed by atoms with van der Waals surface area (Å²) < 4.78 is 12.0. The third-order valence-corrected chi connectivity index (χ3v) is 4.80. The van der Waals surface area contributed by atoms with E-state index in [1.165, 1.54) is 12.8 Å². The van der Waals surface area contributed by atoms with Crippen LogP contribution in [0.1, 0.15) is 39.5 Å². The van der Waals surface area contributed by atoms with E-state index in [4.69, 9.17) is 15.2 Å². The fourth-order valence-electron chi connectivity index (χ4n) is 3.03. The molecule has 1 atom stereocenters. The molecule has 1 aliphatic carbocycles. The summed E-state index contributed by atoms with van der Waals surface area (Å²) in [5, 5.41) is 0. The fourth-order valence-corrected chi connectivity index (χ4v) is 3.03. The second-order valence-electron chi connectivity index (χ2n) is 7.12. The Morgan fingerprint density at radius 3 is 2.53 bits per heavy atom. The molecular weight excluding hydrogens is 240 g/mol. The van der Waals surface area contributed by atoms with Gasteiger partial charge >= 0.3 is 0 Å². The second kappa shape index (κ2) is 6.08. The summed E-state index contributed by atoms with van der Waals surface area (Å²) in [5.74, 6) is 0. The number of nitrogens with zero attached hydrogens (tertiary/aromatic N) is 1. The molecule has 1 saturated heterocycles. The zero-order valence-electron chi connectivity index (χ0n) is 12.8. The van der Waals surface area contributed by atoms with Gasteiger partial charge in [0.15, 0.2) is 0 Å². The Hall–Kier alpha value is -0.160. The van der Waals surface area contributed by atoms with Gasteiger partial charge in [0, 0.05) is 19.6 Å². The van der Waals surface area contributed by atoms with E-state index in [1.54, 1.807) is 0 Å². The summed E-state index contributed by atoms with van der Waals surface area (Å²) in [6, 6.07) is 0. The third-order valence-electron chi connectivity index (χ3n) is 4.80. The lowest BCUT2D eigenvalue weighted by atomic mass is 9.71. The van der Waals surface area contributed by atoms with Crippen LogP contribution < -0.4 is 5.73 Å². The van der Waals surface area contributed by atoms with Gasteiger partial charge in [-0.15, -0.1) is 0 Å². The average Bonchev–Trinajstić information content (AvgIpc) is 2.39. The van der Waals surface area contributed by atoms with Crippen LogP contribution in [0, 0.1) is 5.41 Å². The van der Waals surface area contributed by atoms with Gasteiger partial charge in [0.1, 0.15) is 0 Å². The zero-order chi connectivity index (χ0) is 13.9. The summed E-state index contributed by atoms with van der Waals surface area (Å²) in [4.78, 5) is 2.30. The third kappa shape index (κ3) is 4.15. The summed E-state index contributed by atoms with van der Waals surface area (Å²) in [7, 11) is 2.14. The van der Waals surface area contributed by atoms with Gasteiger partial charge in [0.05, 0.1) is 24.9 Å². The van der Waals surface area contributed by atoms with E-state index in [2.05, 4.69) is 25.8 Å². The molecule has 0 bridgehead atoms. The van der Waals surface area contributed by atoms with E-state index in [1.807, 2.05) is 0 Å². The van der Waals surface area contributed by atoms with Gasteiger partial charge in [-0.25, -0.2) is 0 Å². The van der Waals surface area contributed by atoms with Crippen LogP contribution in [0.2, 0.25) is 0 Å². The smallest absolute Gasteiger partial charge is 0.0935 e. The molecule has 0 aromatic heterocycles. The SMILES string of the molecule is CN1CCOC(COC2(CN)CCC(C)(C)CC2)C1. The monoisotopic (exact) mass is 270 g/mol. The van der Waals surface area contributed by atoms with Crippen molar-refractivity contribution in [1.82, 2.24) is 4.90 Å². The first-order valence-electron chi connectivity index (χ1n) is 7.59. The highest BCUT2D eigenvalue weighted by atomic mass is 16.5. The van der Waals surface area contributed by atoms with Crippen molar-refractivity contribution in [2.45, 2.75) is 51.2 Å². The highest BCUT2D eigenvalue weighted by Crippen LogP contribution is 2.41. The molecule has 19 heavy (non-hydrogen) atoms. The van der Waals surface area contributed by atoms with Crippen molar-refractivity contribution in [3.05, 3.63) is 0 Å². The van der Waals surface area contributed by atoms with Crippen LogP contribution in [-0.2, 0) is 9.47 Å². The number of hydrogen-bond donors (Lipinski definition) is 1. The van der Waals surface area contributed by atoms with Crippen LogP contribution in [0.25, 0.3) is 0 Å². The van der Waals surface area contributed by atoms with Crippen LogP contribution in [0.15, 0.2) is 0 Å². The van der Waals surface area contributed by atoms with Crippen molar-refractivity contribution in [2.24, 2.45) is 11.1 Å². The van der Waals surface area contributed by atoms with Crippen molar-refractivity contribution in [3.63, 3.8) is 0 Å². The molecule has 1 heterocycles. The maximum absolute atomic E-state index is 6.22. The van der Waals surface area contributed by atoms with Crippen LogP contribution >= 0.6 is 0 Å². The Balaban J connectivity index is 1.82. The number of nitrogens with two attached hydrogens (primary N) is 1. The Labute approximate surface area is 117 Å². The molecule has 4 heteroatoms. The Morgan fingerprint density at radius 2 is 1.95 bits per heavy atom. The average molecular weight is 270 g/mol. The molecule has 2 rings (SSSR count). The molecule has 0 radical (unpaired) electrons. The van der Waals surface area contributed by atoms with Crippen molar-refractivity contribution in [1.29, 1.82) is 0 Å². The first-order chi connectivity index (χ1) is 8.95. The minimum Gasteiger partial charge on any atom is -0.373 e. The van der Waals surface area contributed by atoms with Gasteiger partial charge in [0.25, 0.3) is 0 Å². The van der Waals surface area contributed by atoms with Gasteiger partial charge in [-0.1, -0.05) is 13.8 Å². The first-order valence-corrected chi connectivity index (χ1v) is 7.59. The van der Waals surface area contributed by atoms with Crippen LogP contribution in [0.3, 0.4) is 0 Å². The lowest BCUT2D eigenvalue weighted by Gasteiger charge is -2.43. The molecule has 0 spiro atoms. The summed E-state index contributed by atoms with van der Waals surface area (Å²) >= 11 is 0. The molecule has 0 amide bonds. The van der Waals surface area contributed by atoms with E-state index in [-0.39, 0.29) is 11.7 Å². The number of hydrogen-bond acceptors (Lipinski definition) is 4. The number of ether oxygens (including phenoxy) is 2. The first kappa shape index (κ1) is 15.2. The molecule has 1 saturated carbocycles. The van der Waals surface area contributed by atoms with Gasteiger partial charge in [0.2, 0.25) is 0 Å².